The number of halogens is 2. The Kier molecular flexibility index (Phi) is 8.51. The van der Waals surface area contributed by atoms with Gasteiger partial charge in [-0.25, -0.2) is 0 Å². The van der Waals surface area contributed by atoms with Crippen LogP contribution < -0.4 is 15.4 Å². The largest absolute Gasteiger partial charge is 0.457 e. The highest BCUT2D eigenvalue weighted by atomic mass is 19.3. The first kappa shape index (κ1) is 29.2. The van der Waals surface area contributed by atoms with Crippen LogP contribution >= 0.6 is 0 Å². The molecule has 2 aromatic carbocycles. The molecule has 44 heavy (non-hydrogen) atoms. The van der Waals surface area contributed by atoms with E-state index in [0.29, 0.717) is 23.1 Å². The van der Waals surface area contributed by atoms with E-state index < -0.39 is 43.0 Å². The molecule has 1 saturated carbocycles. The normalized spacial score (nSPS) is 18.0. The van der Waals surface area contributed by atoms with Gasteiger partial charge >= 0.3 is 6.61 Å². The van der Waals surface area contributed by atoms with Crippen LogP contribution in [0.1, 0.15) is 46.8 Å². The van der Waals surface area contributed by atoms with Gasteiger partial charge in [-0.15, -0.1) is 0 Å². The third-order valence-corrected chi connectivity index (χ3v) is 7.77. The number of nitrogens with one attached hydrogen (secondary N) is 3. The first-order chi connectivity index (χ1) is 21.3. The SMILES string of the molecule is O=C(NCC(=O)N1C[C@H](OC(F)F)C[C@H]1C(=O)NCc1cc2cnccc2[nH]1)c1cccc(Oc2ccc(C3CC3)cc2)c1. The van der Waals surface area contributed by atoms with Gasteiger partial charge in [0.2, 0.25) is 11.8 Å². The monoisotopic (exact) mass is 603 g/mol. The molecule has 1 aliphatic carbocycles. The number of carbonyl (C=O) groups excluding carboxylic acids is 3. The Balaban J connectivity index is 1.06. The van der Waals surface area contributed by atoms with Crippen LogP contribution in [0.5, 0.6) is 11.5 Å². The first-order valence-corrected chi connectivity index (χ1v) is 14.4. The second kappa shape index (κ2) is 12.8. The van der Waals surface area contributed by atoms with Crippen LogP contribution in [0, 0.1) is 0 Å². The van der Waals surface area contributed by atoms with Gasteiger partial charge in [0.25, 0.3) is 5.91 Å². The Labute approximate surface area is 251 Å². The molecule has 2 atom stereocenters. The van der Waals surface area contributed by atoms with Crippen molar-refractivity contribution in [2.75, 3.05) is 13.1 Å². The Hall–Kier alpha value is -4.84. The van der Waals surface area contributed by atoms with E-state index in [1.807, 2.05) is 30.3 Å². The van der Waals surface area contributed by atoms with Crippen molar-refractivity contribution in [3.8, 4) is 11.5 Å². The summed E-state index contributed by atoms with van der Waals surface area (Å²) < 4.78 is 36.5. The number of ether oxygens (including phenoxy) is 2. The van der Waals surface area contributed by atoms with Crippen molar-refractivity contribution < 1.29 is 32.6 Å². The summed E-state index contributed by atoms with van der Waals surface area (Å²) in [7, 11) is 0. The summed E-state index contributed by atoms with van der Waals surface area (Å²) in [4.78, 5) is 47.6. The predicted octanol–water partition coefficient (Wildman–Crippen LogP) is 4.49. The standard InChI is InChI=1S/C32H31F2N5O5/c33-32(34)44-26-14-28(31(42)36-16-23-12-22-15-35-11-10-27(22)38-23)39(18-26)29(40)17-37-30(41)21-2-1-3-25(13-21)43-24-8-6-20(7-9-24)19-4-5-19/h1-3,6-13,15,19,26,28,32,38H,4-5,14,16-18H2,(H,36,42)(H,37,41)/t26-,28+/m1/s1. The zero-order valence-corrected chi connectivity index (χ0v) is 23.7. The summed E-state index contributed by atoms with van der Waals surface area (Å²) in [5, 5.41) is 6.19. The number of benzene rings is 2. The van der Waals surface area contributed by atoms with Crippen molar-refractivity contribution in [2.24, 2.45) is 0 Å². The number of pyridine rings is 1. The summed E-state index contributed by atoms with van der Waals surface area (Å²) in [6.07, 6.45) is 4.61. The van der Waals surface area contributed by atoms with Gasteiger partial charge in [-0.2, -0.15) is 8.78 Å². The lowest BCUT2D eigenvalue weighted by molar-refractivity contribution is -0.160. The molecule has 3 amide bonds. The van der Waals surface area contributed by atoms with Gasteiger partial charge in [-0.1, -0.05) is 18.2 Å². The van der Waals surface area contributed by atoms with Crippen LogP contribution in [0.4, 0.5) is 8.78 Å². The van der Waals surface area contributed by atoms with Crippen molar-refractivity contribution in [3.63, 3.8) is 0 Å². The Morgan fingerprint density at radius 3 is 2.59 bits per heavy atom. The number of nitrogens with zero attached hydrogens (tertiary/aromatic N) is 2. The molecule has 3 heterocycles. The molecule has 4 aromatic rings. The number of hydrogen-bond acceptors (Lipinski definition) is 6. The molecule has 2 aliphatic rings. The molecule has 1 saturated heterocycles. The summed E-state index contributed by atoms with van der Waals surface area (Å²) in [5.41, 5.74) is 3.12. The zero-order chi connectivity index (χ0) is 30.6. The quantitative estimate of drug-likeness (QED) is 0.232. The number of alkyl halides is 2. The van der Waals surface area contributed by atoms with Gasteiger partial charge in [-0.3, -0.25) is 19.4 Å². The van der Waals surface area contributed by atoms with E-state index in [0.717, 1.165) is 10.9 Å². The lowest BCUT2D eigenvalue weighted by Crippen LogP contribution is -2.49. The van der Waals surface area contributed by atoms with Crippen LogP contribution in [-0.4, -0.2) is 64.4 Å². The highest BCUT2D eigenvalue weighted by Gasteiger charge is 2.41. The van der Waals surface area contributed by atoms with Gasteiger partial charge in [0.15, 0.2) is 0 Å². The van der Waals surface area contributed by atoms with E-state index in [9.17, 15) is 23.2 Å². The van der Waals surface area contributed by atoms with Crippen LogP contribution in [0.2, 0.25) is 0 Å². The number of aromatic nitrogens is 2. The van der Waals surface area contributed by atoms with E-state index in [-0.39, 0.29) is 25.1 Å². The lowest BCUT2D eigenvalue weighted by Gasteiger charge is -2.24. The zero-order valence-electron chi connectivity index (χ0n) is 23.7. The van der Waals surface area contributed by atoms with Crippen LogP contribution in [0.3, 0.4) is 0 Å². The Morgan fingerprint density at radius 2 is 1.84 bits per heavy atom. The maximum atomic E-state index is 13.2. The van der Waals surface area contributed by atoms with Crippen LogP contribution in [0.25, 0.3) is 10.9 Å². The summed E-state index contributed by atoms with van der Waals surface area (Å²) in [6.45, 7) is -3.57. The number of rotatable bonds is 11. The molecule has 0 bridgehead atoms. The maximum Gasteiger partial charge on any atom is 0.345 e. The van der Waals surface area contributed by atoms with Crippen LogP contribution in [0.15, 0.2) is 73.1 Å². The smallest absolute Gasteiger partial charge is 0.345 e. The lowest BCUT2D eigenvalue weighted by atomic mass is 10.1. The summed E-state index contributed by atoms with van der Waals surface area (Å²) in [5.74, 6) is 0.0904. The number of amides is 3. The highest BCUT2D eigenvalue weighted by Crippen LogP contribution is 2.40. The third kappa shape index (κ3) is 7.03. The molecule has 3 N–H and O–H groups in total. The molecule has 2 aromatic heterocycles. The Morgan fingerprint density at radius 1 is 1.02 bits per heavy atom. The second-order valence-electron chi connectivity index (χ2n) is 10.9. The predicted molar refractivity (Wildman–Crippen MR) is 156 cm³/mol. The maximum absolute atomic E-state index is 13.2. The molecule has 228 valence electrons. The number of aromatic amines is 1. The molecular formula is C32H31F2N5O5. The fourth-order valence-electron chi connectivity index (χ4n) is 5.41. The number of H-pyrrole nitrogens is 1. The minimum Gasteiger partial charge on any atom is -0.457 e. The van der Waals surface area contributed by atoms with E-state index >= 15 is 0 Å². The highest BCUT2D eigenvalue weighted by molar-refractivity contribution is 5.97. The van der Waals surface area contributed by atoms with Gasteiger partial charge in [0.05, 0.1) is 19.2 Å². The molecular weight excluding hydrogens is 572 g/mol. The van der Waals surface area contributed by atoms with Gasteiger partial charge in [-0.05, 0) is 66.8 Å². The van der Waals surface area contributed by atoms with E-state index in [1.54, 1.807) is 42.7 Å². The average molecular weight is 604 g/mol. The third-order valence-electron chi connectivity index (χ3n) is 7.77. The fraction of sp³-hybridized carbons (Fsp3) is 0.312. The Bertz CT molecular complexity index is 1620. The number of carbonyl (C=O) groups is 3. The van der Waals surface area contributed by atoms with Crippen molar-refractivity contribution in [1.82, 2.24) is 25.5 Å². The molecule has 0 spiro atoms. The fourth-order valence-corrected chi connectivity index (χ4v) is 5.41. The molecule has 10 nitrogen and oxygen atoms in total. The summed E-state index contributed by atoms with van der Waals surface area (Å²) >= 11 is 0. The topological polar surface area (TPSA) is 126 Å². The minimum absolute atomic E-state index is 0.104. The van der Waals surface area contributed by atoms with E-state index in [1.165, 1.54) is 23.3 Å². The molecule has 1 aliphatic heterocycles. The van der Waals surface area contributed by atoms with Crippen LogP contribution in [-0.2, 0) is 20.9 Å². The van der Waals surface area contributed by atoms with E-state index in [2.05, 4.69) is 25.3 Å². The second-order valence-corrected chi connectivity index (χ2v) is 10.9. The molecule has 2 fully saturated rings. The van der Waals surface area contributed by atoms with Crippen molar-refractivity contribution in [1.29, 1.82) is 0 Å². The van der Waals surface area contributed by atoms with E-state index in [4.69, 9.17) is 4.74 Å². The molecule has 6 rings (SSSR count). The number of likely N-dealkylation sites (tertiary alicyclic amines) is 1. The average Bonchev–Trinajstić information content (AvgIpc) is 3.65. The molecule has 0 unspecified atom stereocenters. The van der Waals surface area contributed by atoms with Crippen molar-refractivity contribution >= 4 is 28.6 Å². The minimum atomic E-state index is -3.05. The van der Waals surface area contributed by atoms with Gasteiger partial charge < -0.3 is 30.0 Å². The number of hydrogen-bond donors (Lipinski definition) is 3. The number of fused-ring (bicyclic) bond motifs is 1. The first-order valence-electron chi connectivity index (χ1n) is 14.4. The van der Waals surface area contributed by atoms with Crippen molar-refractivity contribution in [2.45, 2.75) is 50.5 Å². The summed E-state index contributed by atoms with van der Waals surface area (Å²) in [6, 6.07) is 17.0. The van der Waals surface area contributed by atoms with Gasteiger partial charge in [0, 0.05) is 47.5 Å². The van der Waals surface area contributed by atoms with Gasteiger partial charge in [0.1, 0.15) is 17.5 Å². The molecule has 12 heteroatoms. The van der Waals surface area contributed by atoms with Crippen molar-refractivity contribution in [3.05, 3.63) is 89.9 Å². The molecule has 0 radical (unpaired) electrons.